The van der Waals surface area contributed by atoms with Crippen molar-refractivity contribution in [2.24, 2.45) is 0 Å². The number of para-hydroxylation sites is 1. The van der Waals surface area contributed by atoms with Gasteiger partial charge in [0.15, 0.2) is 11.5 Å². The van der Waals surface area contributed by atoms with E-state index in [9.17, 15) is 10.1 Å². The van der Waals surface area contributed by atoms with Gasteiger partial charge in [-0.1, -0.05) is 36.0 Å². The van der Waals surface area contributed by atoms with Crippen LogP contribution in [0.5, 0.6) is 5.88 Å². The van der Waals surface area contributed by atoms with Gasteiger partial charge in [0.1, 0.15) is 5.76 Å². The highest BCUT2D eigenvalue weighted by Gasteiger charge is 2.28. The average molecular weight is 474 g/mol. The van der Waals surface area contributed by atoms with E-state index in [2.05, 4.69) is 27.1 Å². The quantitative estimate of drug-likeness (QED) is 0.160. The number of nitro benzene ring substituents is 1. The number of nitrogens with one attached hydrogen (secondary N) is 1. The summed E-state index contributed by atoms with van der Waals surface area (Å²) in [4.78, 5) is 15.2. The first-order valence-corrected chi connectivity index (χ1v) is 11.4. The molecule has 34 heavy (non-hydrogen) atoms. The lowest BCUT2D eigenvalue weighted by molar-refractivity contribution is -0.384. The van der Waals surface area contributed by atoms with Crippen LogP contribution in [-0.4, -0.2) is 25.9 Å². The number of thioether (sulfide) groups is 1. The molecule has 0 bridgehead atoms. The molecular weight excluding hydrogens is 454 g/mol. The largest absolute Gasteiger partial charge is 0.455 e. The fraction of sp³-hybridized carbons (Fsp3) is 0.125. The highest BCUT2D eigenvalue weighted by atomic mass is 32.2. The van der Waals surface area contributed by atoms with Crippen molar-refractivity contribution in [3.8, 4) is 28.5 Å². The van der Waals surface area contributed by atoms with Crippen LogP contribution in [-0.2, 0) is 0 Å². The summed E-state index contributed by atoms with van der Waals surface area (Å²) in [6.45, 7) is 5.53. The number of fused-ring (bicyclic) bond motifs is 3. The molecule has 10 heteroatoms. The van der Waals surface area contributed by atoms with E-state index in [1.54, 1.807) is 12.1 Å². The van der Waals surface area contributed by atoms with Crippen molar-refractivity contribution < 1.29 is 14.1 Å². The minimum atomic E-state index is -0.677. The zero-order chi connectivity index (χ0) is 23.7. The van der Waals surface area contributed by atoms with Crippen molar-refractivity contribution in [2.75, 3.05) is 11.1 Å². The number of rotatable bonds is 6. The monoisotopic (exact) mass is 473 g/mol. The fourth-order valence-electron chi connectivity index (χ4n) is 3.65. The first-order valence-electron chi connectivity index (χ1n) is 10.4. The van der Waals surface area contributed by atoms with E-state index in [1.165, 1.54) is 23.9 Å². The van der Waals surface area contributed by atoms with Crippen LogP contribution in [0.4, 0.5) is 11.4 Å². The smallest absolute Gasteiger partial charge is 0.269 e. The van der Waals surface area contributed by atoms with Gasteiger partial charge >= 0.3 is 0 Å². The Kier molecular flexibility index (Phi) is 5.72. The van der Waals surface area contributed by atoms with Gasteiger partial charge < -0.3 is 14.5 Å². The minimum absolute atomic E-state index is 0.0346. The Labute approximate surface area is 199 Å². The summed E-state index contributed by atoms with van der Waals surface area (Å²) < 4.78 is 12.4. The number of aryl methyl sites for hydroxylation is 1. The first kappa shape index (κ1) is 21.7. The molecule has 1 N–H and O–H groups in total. The van der Waals surface area contributed by atoms with Crippen LogP contribution in [0.25, 0.3) is 22.6 Å². The fourth-order valence-corrected chi connectivity index (χ4v) is 4.16. The van der Waals surface area contributed by atoms with Gasteiger partial charge in [-0.25, -0.2) is 0 Å². The van der Waals surface area contributed by atoms with Gasteiger partial charge in [-0.15, -0.1) is 16.8 Å². The second kappa shape index (κ2) is 8.99. The molecule has 2 aromatic heterocycles. The highest BCUT2D eigenvalue weighted by Crippen LogP contribution is 2.40. The van der Waals surface area contributed by atoms with Crippen LogP contribution >= 0.6 is 11.8 Å². The number of nitrogens with zero attached hydrogens (tertiary/aromatic N) is 4. The molecule has 0 spiro atoms. The third-order valence-corrected chi connectivity index (χ3v) is 6.07. The lowest BCUT2D eigenvalue weighted by atomic mass is 10.1. The molecule has 1 aliphatic heterocycles. The number of furan rings is 1. The number of hydrogen-bond acceptors (Lipinski definition) is 9. The molecule has 0 fully saturated rings. The molecule has 0 amide bonds. The number of non-ortho nitro benzene ring substituents is 1. The summed E-state index contributed by atoms with van der Waals surface area (Å²) in [5.41, 5.74) is 3.69. The molecule has 0 saturated heterocycles. The maximum atomic E-state index is 11.1. The van der Waals surface area contributed by atoms with Gasteiger partial charge in [0.2, 0.25) is 17.3 Å². The molecule has 2 aromatic carbocycles. The Morgan fingerprint density at radius 2 is 2.03 bits per heavy atom. The number of anilines is 1. The van der Waals surface area contributed by atoms with Crippen molar-refractivity contribution in [1.29, 1.82) is 0 Å². The number of benzene rings is 2. The van der Waals surface area contributed by atoms with Crippen LogP contribution < -0.4 is 10.1 Å². The summed E-state index contributed by atoms with van der Waals surface area (Å²) in [6.07, 6.45) is 1.09. The van der Waals surface area contributed by atoms with Crippen molar-refractivity contribution in [1.82, 2.24) is 15.2 Å². The Balaban J connectivity index is 1.51. The number of nitro groups is 1. The van der Waals surface area contributed by atoms with Gasteiger partial charge in [0, 0.05) is 34.7 Å². The van der Waals surface area contributed by atoms with Gasteiger partial charge in [-0.3, -0.25) is 10.1 Å². The summed E-state index contributed by atoms with van der Waals surface area (Å²) in [7, 11) is 0. The molecule has 9 nitrogen and oxygen atoms in total. The van der Waals surface area contributed by atoms with E-state index < -0.39 is 11.2 Å². The van der Waals surface area contributed by atoms with Crippen molar-refractivity contribution >= 4 is 23.1 Å². The zero-order valence-corrected chi connectivity index (χ0v) is 18.9. The molecular formula is C24H19N5O4S. The van der Waals surface area contributed by atoms with Gasteiger partial charge in [-0.05, 0) is 36.8 Å². The number of aromatic nitrogens is 3. The lowest BCUT2D eigenvalue weighted by Crippen LogP contribution is -2.16. The normalized spacial score (nSPS) is 14.2. The molecule has 1 unspecified atom stereocenters. The number of ether oxygens (including phenoxy) is 1. The topological polar surface area (TPSA) is 116 Å². The Bertz CT molecular complexity index is 1400. The number of hydrogen-bond donors (Lipinski definition) is 1. The van der Waals surface area contributed by atoms with E-state index >= 15 is 0 Å². The molecule has 1 aliphatic rings. The Morgan fingerprint density at radius 1 is 1.18 bits per heavy atom. The van der Waals surface area contributed by atoms with Crippen molar-refractivity contribution in [3.05, 3.63) is 88.7 Å². The van der Waals surface area contributed by atoms with Crippen LogP contribution in [0.1, 0.15) is 17.6 Å². The SMILES string of the molecule is C=CCSc1nnc2c(n1)OC(c1ccc(-c3ccc([N+](=O)[O-])cc3C)o1)Nc1ccccc1-2. The first-order chi connectivity index (χ1) is 16.5. The van der Waals surface area contributed by atoms with Crippen molar-refractivity contribution in [2.45, 2.75) is 18.3 Å². The van der Waals surface area contributed by atoms with Crippen molar-refractivity contribution in [3.63, 3.8) is 0 Å². The molecule has 170 valence electrons. The summed E-state index contributed by atoms with van der Waals surface area (Å²) in [5.74, 6) is 2.09. The second-order valence-electron chi connectivity index (χ2n) is 7.49. The lowest BCUT2D eigenvalue weighted by Gasteiger charge is -2.16. The van der Waals surface area contributed by atoms with E-state index in [4.69, 9.17) is 9.15 Å². The van der Waals surface area contributed by atoms with Gasteiger partial charge in [0.25, 0.3) is 5.69 Å². The van der Waals surface area contributed by atoms with E-state index in [1.807, 2.05) is 43.3 Å². The molecule has 3 heterocycles. The Morgan fingerprint density at radius 3 is 2.82 bits per heavy atom. The van der Waals surface area contributed by atoms with Gasteiger partial charge in [0.05, 0.1) is 4.92 Å². The maximum Gasteiger partial charge on any atom is 0.269 e. The molecule has 4 aromatic rings. The van der Waals surface area contributed by atoms with Crippen LogP contribution in [0, 0.1) is 17.0 Å². The molecule has 0 radical (unpaired) electrons. The molecule has 5 rings (SSSR count). The minimum Gasteiger partial charge on any atom is -0.455 e. The summed E-state index contributed by atoms with van der Waals surface area (Å²) >= 11 is 1.41. The third-order valence-electron chi connectivity index (χ3n) is 5.24. The highest BCUT2D eigenvalue weighted by molar-refractivity contribution is 7.99. The molecule has 0 aliphatic carbocycles. The maximum absolute atomic E-state index is 11.1. The van der Waals surface area contributed by atoms with Crippen LogP contribution in [0.2, 0.25) is 0 Å². The third kappa shape index (κ3) is 4.11. The molecule has 0 saturated carbocycles. The van der Waals surface area contributed by atoms with Gasteiger partial charge in [-0.2, -0.15) is 4.98 Å². The average Bonchev–Trinajstić information content (AvgIpc) is 3.26. The van der Waals surface area contributed by atoms with Crippen LogP contribution in [0.3, 0.4) is 0 Å². The predicted molar refractivity (Wildman–Crippen MR) is 129 cm³/mol. The van der Waals surface area contributed by atoms with Crippen LogP contribution in [0.15, 0.2) is 76.8 Å². The molecule has 1 atom stereocenters. The second-order valence-corrected chi connectivity index (χ2v) is 8.48. The van der Waals surface area contributed by atoms with E-state index in [-0.39, 0.29) is 5.69 Å². The van der Waals surface area contributed by atoms with E-state index in [0.29, 0.717) is 34.0 Å². The standard InChI is InChI=1S/C24H19N5O4S/c1-3-12-34-24-26-23-21(27-28-24)17-6-4-5-7-18(17)25-22(33-23)20-11-10-19(32-20)16-9-8-15(29(30)31)13-14(16)2/h3-11,13,22,25H,1,12H2,2H3. The van der Waals surface area contributed by atoms with E-state index in [0.717, 1.165) is 22.4 Å². The summed E-state index contributed by atoms with van der Waals surface area (Å²) in [6, 6.07) is 16.0. The summed E-state index contributed by atoms with van der Waals surface area (Å²) in [5, 5.41) is 23.5. The zero-order valence-electron chi connectivity index (χ0n) is 18.1. The predicted octanol–water partition coefficient (Wildman–Crippen LogP) is 5.80. The Hall–Kier alpha value is -4.18.